The predicted molar refractivity (Wildman–Crippen MR) is 34.5 cm³/mol. The van der Waals surface area contributed by atoms with E-state index < -0.39 is 14.1 Å². The molecule has 0 bridgehead atoms. The Hall–Kier alpha value is -0.0200. The molecule has 0 saturated carbocycles. The van der Waals surface area contributed by atoms with Crippen molar-refractivity contribution in [1.29, 1.82) is 0 Å². The van der Waals surface area contributed by atoms with E-state index in [1.165, 1.54) is 7.11 Å². The highest BCUT2D eigenvalue weighted by Gasteiger charge is 2.19. The van der Waals surface area contributed by atoms with Gasteiger partial charge in [0.15, 0.2) is 0 Å². The van der Waals surface area contributed by atoms with Gasteiger partial charge < -0.3 is 10.8 Å². The maximum atomic E-state index is 10.5. The first-order chi connectivity index (χ1) is 4.20. The Morgan fingerprint density at radius 2 is 2.44 bits per heavy atom. The maximum Gasteiger partial charge on any atom is 0.510 e. The van der Waals surface area contributed by atoms with Crippen molar-refractivity contribution in [1.82, 2.24) is 0 Å². The average Bonchev–Trinajstić information content (AvgIpc) is 1.87. The molecule has 9 heavy (non-hydrogen) atoms. The Balaban J connectivity index is 3.34. The second kappa shape index (κ2) is 4.82. The molecule has 0 spiro atoms. The zero-order valence-electron chi connectivity index (χ0n) is 5.28. The summed E-state index contributed by atoms with van der Waals surface area (Å²) in [5.74, 6) is 0. The summed E-state index contributed by atoms with van der Waals surface area (Å²) in [5, 5.41) is 8.77. The summed E-state index contributed by atoms with van der Waals surface area (Å²) in [4.78, 5) is 0. The minimum absolute atomic E-state index is 0.127. The van der Waals surface area contributed by atoms with Crippen LogP contribution < -0.4 is 5.73 Å². The molecule has 5 heteroatoms. The second-order valence-electron chi connectivity index (χ2n) is 1.59. The van der Waals surface area contributed by atoms with Gasteiger partial charge in [0.1, 0.15) is 6.10 Å². The molecule has 2 unspecified atom stereocenters. The van der Waals surface area contributed by atoms with Crippen LogP contribution in [0.15, 0.2) is 0 Å². The Labute approximate surface area is 54.9 Å². The molecule has 54 valence electrons. The highest BCUT2D eigenvalue weighted by molar-refractivity contribution is 7.39. The fraction of sp³-hybridized carbons (Fsp3) is 1.00. The summed E-state index contributed by atoms with van der Waals surface area (Å²) in [7, 11) is -0.368. The van der Waals surface area contributed by atoms with E-state index in [1.54, 1.807) is 0 Å². The fourth-order valence-corrected chi connectivity index (χ4v) is 0.963. The topological polar surface area (TPSA) is 72.5 Å². The van der Waals surface area contributed by atoms with E-state index in [0.29, 0.717) is 0 Å². The first-order valence-electron chi connectivity index (χ1n) is 2.57. The SMILES string of the molecule is CO[P+](=O)CC(O)CN. The van der Waals surface area contributed by atoms with Crippen LogP contribution in [0.4, 0.5) is 0 Å². The predicted octanol–water partition coefficient (Wildman–Crippen LogP) is -0.305. The van der Waals surface area contributed by atoms with Crippen LogP contribution in [-0.2, 0) is 9.09 Å². The Bertz CT molecular complexity index is 97.8. The van der Waals surface area contributed by atoms with E-state index in [2.05, 4.69) is 4.52 Å². The van der Waals surface area contributed by atoms with Crippen molar-refractivity contribution in [2.45, 2.75) is 6.10 Å². The Morgan fingerprint density at radius 3 is 2.78 bits per heavy atom. The third-order valence-corrected chi connectivity index (χ3v) is 1.96. The van der Waals surface area contributed by atoms with Gasteiger partial charge in [-0.05, 0) is 4.57 Å². The van der Waals surface area contributed by atoms with E-state index >= 15 is 0 Å². The van der Waals surface area contributed by atoms with Crippen LogP contribution in [0, 0.1) is 0 Å². The third-order valence-electron chi connectivity index (χ3n) is 0.836. The maximum absolute atomic E-state index is 10.5. The van der Waals surface area contributed by atoms with Crippen molar-refractivity contribution in [3.63, 3.8) is 0 Å². The number of aliphatic hydroxyl groups is 1. The molecule has 4 nitrogen and oxygen atoms in total. The molecule has 0 aromatic carbocycles. The number of nitrogens with two attached hydrogens (primary N) is 1. The number of hydrogen-bond acceptors (Lipinski definition) is 4. The lowest BCUT2D eigenvalue weighted by atomic mass is 10.4. The lowest BCUT2D eigenvalue weighted by molar-refractivity contribution is 0.202. The molecule has 0 aromatic rings. The molecule has 0 saturated heterocycles. The normalized spacial score (nSPS) is 15.2. The lowest BCUT2D eigenvalue weighted by Crippen LogP contribution is -2.21. The fourth-order valence-electron chi connectivity index (χ4n) is 0.321. The van der Waals surface area contributed by atoms with Crippen LogP contribution in [0.5, 0.6) is 0 Å². The summed E-state index contributed by atoms with van der Waals surface area (Å²) < 4.78 is 14.9. The van der Waals surface area contributed by atoms with Gasteiger partial charge in [-0.2, -0.15) is 0 Å². The molecule has 2 atom stereocenters. The van der Waals surface area contributed by atoms with Crippen molar-refractivity contribution >= 4 is 8.03 Å². The van der Waals surface area contributed by atoms with Crippen molar-refractivity contribution in [2.24, 2.45) is 5.73 Å². The van der Waals surface area contributed by atoms with E-state index in [0.717, 1.165) is 0 Å². The van der Waals surface area contributed by atoms with E-state index in [9.17, 15) is 4.57 Å². The summed E-state index contributed by atoms with van der Waals surface area (Å²) in [6, 6.07) is 0. The largest absolute Gasteiger partial charge is 0.510 e. The smallest absolute Gasteiger partial charge is 0.387 e. The number of aliphatic hydroxyl groups excluding tert-OH is 1. The van der Waals surface area contributed by atoms with Gasteiger partial charge in [0.05, 0.1) is 7.11 Å². The second-order valence-corrected chi connectivity index (χ2v) is 2.98. The van der Waals surface area contributed by atoms with Gasteiger partial charge >= 0.3 is 8.03 Å². The van der Waals surface area contributed by atoms with Crippen LogP contribution in [0.25, 0.3) is 0 Å². The van der Waals surface area contributed by atoms with Crippen molar-refractivity contribution in [2.75, 3.05) is 19.8 Å². The first kappa shape index (κ1) is 8.98. The molecule has 3 N–H and O–H groups in total. The Kier molecular flexibility index (Phi) is 4.81. The monoisotopic (exact) mass is 152 g/mol. The molecule has 0 aromatic heterocycles. The van der Waals surface area contributed by atoms with Crippen LogP contribution in [0.3, 0.4) is 0 Å². The summed E-state index contributed by atoms with van der Waals surface area (Å²) in [5.41, 5.74) is 5.04. The minimum atomic E-state index is -1.70. The van der Waals surface area contributed by atoms with Crippen LogP contribution in [-0.4, -0.2) is 31.0 Å². The summed E-state index contributed by atoms with van der Waals surface area (Å²) in [6.07, 6.45) is -0.573. The average molecular weight is 152 g/mol. The number of hydrogen-bond donors (Lipinski definition) is 2. The molecule has 0 amide bonds. The zero-order valence-corrected chi connectivity index (χ0v) is 6.17. The van der Waals surface area contributed by atoms with Gasteiger partial charge in [0, 0.05) is 6.54 Å². The standard InChI is InChI=1S/C4H11NO3P/c1-8-9(7)3-4(6)2-5/h4,6H,2-3,5H2,1H3/q+1. The van der Waals surface area contributed by atoms with Crippen molar-refractivity contribution < 1.29 is 14.2 Å². The third kappa shape index (κ3) is 4.48. The number of rotatable bonds is 4. The van der Waals surface area contributed by atoms with E-state index in [-0.39, 0.29) is 12.7 Å². The van der Waals surface area contributed by atoms with Crippen LogP contribution >= 0.6 is 8.03 Å². The first-order valence-corrected chi connectivity index (χ1v) is 3.94. The summed E-state index contributed by atoms with van der Waals surface area (Å²) >= 11 is 0. The molecule has 0 aliphatic rings. The van der Waals surface area contributed by atoms with Gasteiger partial charge in [-0.25, -0.2) is 0 Å². The highest BCUT2D eigenvalue weighted by Crippen LogP contribution is 2.20. The zero-order chi connectivity index (χ0) is 7.28. The van der Waals surface area contributed by atoms with E-state index in [4.69, 9.17) is 10.8 Å². The molecule has 0 rings (SSSR count). The molecule has 0 aliphatic carbocycles. The molecule has 0 heterocycles. The Morgan fingerprint density at radius 1 is 1.89 bits per heavy atom. The van der Waals surface area contributed by atoms with E-state index in [1.807, 2.05) is 0 Å². The quantitative estimate of drug-likeness (QED) is 0.542. The lowest BCUT2D eigenvalue weighted by Gasteiger charge is -1.95. The van der Waals surface area contributed by atoms with Crippen molar-refractivity contribution in [3.8, 4) is 0 Å². The van der Waals surface area contributed by atoms with Gasteiger partial charge in [-0.15, -0.1) is 4.52 Å². The highest BCUT2D eigenvalue weighted by atomic mass is 31.1. The molecule has 0 aliphatic heterocycles. The molecule has 0 radical (unpaired) electrons. The molecular weight excluding hydrogens is 141 g/mol. The van der Waals surface area contributed by atoms with Gasteiger partial charge in [-0.3, -0.25) is 0 Å². The van der Waals surface area contributed by atoms with Gasteiger partial charge in [0.25, 0.3) is 0 Å². The molecular formula is C4H11NO3P+. The summed E-state index contributed by atoms with van der Waals surface area (Å²) in [6.45, 7) is 0.129. The molecule has 0 fully saturated rings. The van der Waals surface area contributed by atoms with Crippen molar-refractivity contribution in [3.05, 3.63) is 0 Å². The van der Waals surface area contributed by atoms with Gasteiger partial charge in [-0.1, -0.05) is 0 Å². The van der Waals surface area contributed by atoms with Crippen LogP contribution in [0.2, 0.25) is 0 Å². The van der Waals surface area contributed by atoms with Gasteiger partial charge in [0.2, 0.25) is 6.16 Å². The van der Waals surface area contributed by atoms with Crippen LogP contribution in [0.1, 0.15) is 0 Å². The minimum Gasteiger partial charge on any atom is -0.387 e.